The molecule has 0 atom stereocenters. The molecule has 0 spiro atoms. The van der Waals surface area contributed by atoms with Crippen molar-refractivity contribution in [2.45, 2.75) is 0 Å². The van der Waals surface area contributed by atoms with Gasteiger partial charge in [0.25, 0.3) is 17.7 Å². The summed E-state index contributed by atoms with van der Waals surface area (Å²) in [5.41, 5.74) is 5.77. The molecule has 126 valence electrons. The molecule has 3 aromatic rings. The number of amides is 3. The maximum absolute atomic E-state index is 12.0. The summed E-state index contributed by atoms with van der Waals surface area (Å²) < 4.78 is 5.00. The summed E-state index contributed by atoms with van der Waals surface area (Å²) in [6.07, 6.45) is 3.01. The summed E-state index contributed by atoms with van der Waals surface area (Å²) in [5, 5.41) is 2.64. The lowest BCUT2D eigenvalue weighted by Crippen LogP contribution is -2.41. The second-order valence-corrected chi connectivity index (χ2v) is 5.00. The molecule has 3 amide bonds. The number of rotatable bonds is 4. The molecule has 0 saturated heterocycles. The molecule has 0 radical (unpaired) electrons. The molecule has 25 heavy (non-hydrogen) atoms. The van der Waals surface area contributed by atoms with Gasteiger partial charge in [0, 0.05) is 17.4 Å². The Morgan fingerprint density at radius 2 is 1.60 bits per heavy atom. The molecule has 2 aromatic heterocycles. The number of H-pyrrole nitrogens is 1. The van der Waals surface area contributed by atoms with E-state index in [1.165, 1.54) is 18.4 Å². The van der Waals surface area contributed by atoms with Crippen LogP contribution in [-0.2, 0) is 0 Å². The predicted molar refractivity (Wildman–Crippen MR) is 88.8 cm³/mol. The standard InChI is InChI=1S/C17H14N4O4/c22-15(20-21-16(23)13-3-1-9-18-13)11-5-7-12(8-6-11)19-17(24)14-4-2-10-25-14/h1-10,18H,(H,19,24)(H,20,22)(H,21,23). The van der Waals surface area contributed by atoms with Crippen LogP contribution < -0.4 is 16.2 Å². The Labute approximate surface area is 142 Å². The molecule has 0 fully saturated rings. The van der Waals surface area contributed by atoms with Crippen LogP contribution in [-0.4, -0.2) is 22.7 Å². The van der Waals surface area contributed by atoms with Gasteiger partial charge < -0.3 is 14.7 Å². The molecule has 1 aromatic carbocycles. The van der Waals surface area contributed by atoms with Crippen LogP contribution in [0.4, 0.5) is 5.69 Å². The van der Waals surface area contributed by atoms with E-state index in [0.717, 1.165) is 0 Å². The smallest absolute Gasteiger partial charge is 0.291 e. The zero-order chi connectivity index (χ0) is 17.6. The van der Waals surface area contributed by atoms with Crippen LogP contribution in [0.25, 0.3) is 0 Å². The third kappa shape index (κ3) is 3.94. The minimum Gasteiger partial charge on any atom is -0.459 e. The second-order valence-electron chi connectivity index (χ2n) is 5.00. The fourth-order valence-electron chi connectivity index (χ4n) is 2.03. The van der Waals surface area contributed by atoms with Crippen LogP contribution >= 0.6 is 0 Å². The highest BCUT2D eigenvalue weighted by Crippen LogP contribution is 2.11. The van der Waals surface area contributed by atoms with Gasteiger partial charge in [-0.25, -0.2) is 0 Å². The zero-order valence-corrected chi connectivity index (χ0v) is 12.9. The van der Waals surface area contributed by atoms with Gasteiger partial charge in [0.2, 0.25) is 0 Å². The van der Waals surface area contributed by atoms with E-state index in [0.29, 0.717) is 16.9 Å². The Morgan fingerprint density at radius 1 is 0.840 bits per heavy atom. The van der Waals surface area contributed by atoms with Crippen molar-refractivity contribution in [1.82, 2.24) is 15.8 Å². The molecular weight excluding hydrogens is 324 g/mol. The van der Waals surface area contributed by atoms with E-state index in [1.807, 2.05) is 0 Å². The number of anilines is 1. The van der Waals surface area contributed by atoms with Crippen molar-refractivity contribution in [3.8, 4) is 0 Å². The van der Waals surface area contributed by atoms with Gasteiger partial charge in [-0.05, 0) is 48.5 Å². The van der Waals surface area contributed by atoms with Crippen LogP contribution in [0.5, 0.6) is 0 Å². The van der Waals surface area contributed by atoms with E-state index in [4.69, 9.17) is 4.42 Å². The maximum Gasteiger partial charge on any atom is 0.291 e. The summed E-state index contributed by atoms with van der Waals surface area (Å²) >= 11 is 0. The van der Waals surface area contributed by atoms with Gasteiger partial charge in [-0.15, -0.1) is 0 Å². The summed E-state index contributed by atoms with van der Waals surface area (Å²) in [6, 6.07) is 12.6. The Kier molecular flexibility index (Phi) is 4.61. The third-order valence-corrected chi connectivity index (χ3v) is 3.28. The zero-order valence-electron chi connectivity index (χ0n) is 12.9. The largest absolute Gasteiger partial charge is 0.459 e. The minimum atomic E-state index is -0.483. The lowest BCUT2D eigenvalue weighted by atomic mass is 10.2. The normalized spacial score (nSPS) is 10.1. The van der Waals surface area contributed by atoms with Crippen LogP contribution in [0, 0.1) is 0 Å². The number of hydrazine groups is 1. The molecule has 8 nitrogen and oxygen atoms in total. The van der Waals surface area contributed by atoms with Crippen LogP contribution in [0.2, 0.25) is 0 Å². The fourth-order valence-corrected chi connectivity index (χ4v) is 2.03. The first-order valence-electron chi connectivity index (χ1n) is 7.32. The average Bonchev–Trinajstić information content (AvgIpc) is 3.33. The monoisotopic (exact) mass is 338 g/mol. The second kappa shape index (κ2) is 7.18. The lowest BCUT2D eigenvalue weighted by molar-refractivity contribution is 0.0844. The van der Waals surface area contributed by atoms with E-state index in [-0.39, 0.29) is 11.7 Å². The number of furan rings is 1. The lowest BCUT2D eigenvalue weighted by Gasteiger charge is -2.07. The van der Waals surface area contributed by atoms with Crippen molar-refractivity contribution in [2.24, 2.45) is 0 Å². The van der Waals surface area contributed by atoms with Crippen LogP contribution in [0.15, 0.2) is 65.4 Å². The first kappa shape index (κ1) is 16.1. The van der Waals surface area contributed by atoms with Crippen molar-refractivity contribution in [2.75, 3.05) is 5.32 Å². The fraction of sp³-hybridized carbons (Fsp3) is 0. The highest BCUT2D eigenvalue weighted by molar-refractivity contribution is 6.03. The summed E-state index contributed by atoms with van der Waals surface area (Å²) in [7, 11) is 0. The number of benzene rings is 1. The summed E-state index contributed by atoms with van der Waals surface area (Å²) in [6.45, 7) is 0. The number of aromatic amines is 1. The number of hydrogen-bond donors (Lipinski definition) is 4. The van der Waals surface area contributed by atoms with Gasteiger partial charge in [0.15, 0.2) is 5.76 Å². The van der Waals surface area contributed by atoms with Gasteiger partial charge in [0.1, 0.15) is 5.69 Å². The van der Waals surface area contributed by atoms with E-state index in [9.17, 15) is 14.4 Å². The molecule has 0 aliphatic carbocycles. The summed E-state index contributed by atoms with van der Waals surface area (Å²) in [5.74, 6) is -1.14. The molecule has 0 aliphatic rings. The first-order valence-corrected chi connectivity index (χ1v) is 7.32. The molecule has 3 rings (SSSR count). The SMILES string of the molecule is O=C(NNC(=O)c1ccc[nH]1)c1ccc(NC(=O)c2ccco2)cc1. The Balaban J connectivity index is 1.55. The highest BCUT2D eigenvalue weighted by Gasteiger charge is 2.11. The molecule has 0 unspecified atom stereocenters. The molecule has 4 N–H and O–H groups in total. The number of aromatic nitrogens is 1. The van der Waals surface area contributed by atoms with E-state index >= 15 is 0 Å². The molecule has 0 aliphatic heterocycles. The van der Waals surface area contributed by atoms with Crippen LogP contribution in [0.3, 0.4) is 0 Å². The Bertz CT molecular complexity index is 868. The first-order chi connectivity index (χ1) is 12.1. The molecule has 8 heteroatoms. The van der Waals surface area contributed by atoms with Crippen molar-refractivity contribution in [3.63, 3.8) is 0 Å². The topological polar surface area (TPSA) is 116 Å². The van der Waals surface area contributed by atoms with Gasteiger partial charge >= 0.3 is 0 Å². The van der Waals surface area contributed by atoms with Crippen molar-refractivity contribution in [1.29, 1.82) is 0 Å². The van der Waals surface area contributed by atoms with Gasteiger partial charge in [0.05, 0.1) is 6.26 Å². The number of carbonyl (C=O) groups is 3. The third-order valence-electron chi connectivity index (χ3n) is 3.28. The maximum atomic E-state index is 12.0. The highest BCUT2D eigenvalue weighted by atomic mass is 16.3. The molecule has 0 bridgehead atoms. The number of hydrogen-bond acceptors (Lipinski definition) is 4. The number of nitrogens with one attached hydrogen (secondary N) is 4. The summed E-state index contributed by atoms with van der Waals surface area (Å²) in [4.78, 5) is 38.3. The Hall–Kier alpha value is -3.81. The molecular formula is C17H14N4O4. The molecule has 0 saturated carbocycles. The number of carbonyl (C=O) groups excluding carboxylic acids is 3. The van der Waals surface area contributed by atoms with Crippen molar-refractivity contribution >= 4 is 23.4 Å². The predicted octanol–water partition coefficient (Wildman–Crippen LogP) is 1.93. The van der Waals surface area contributed by atoms with Crippen molar-refractivity contribution < 1.29 is 18.8 Å². The van der Waals surface area contributed by atoms with E-state index < -0.39 is 11.8 Å². The quantitative estimate of drug-likeness (QED) is 0.544. The molecule has 2 heterocycles. The van der Waals surface area contributed by atoms with E-state index in [1.54, 1.807) is 42.6 Å². The minimum absolute atomic E-state index is 0.189. The Morgan fingerprint density at radius 3 is 2.24 bits per heavy atom. The average molecular weight is 338 g/mol. The van der Waals surface area contributed by atoms with Crippen LogP contribution in [0.1, 0.15) is 31.4 Å². The van der Waals surface area contributed by atoms with Crippen molar-refractivity contribution in [3.05, 3.63) is 78.0 Å². The van der Waals surface area contributed by atoms with Gasteiger partial charge in [-0.2, -0.15) is 0 Å². The van der Waals surface area contributed by atoms with Gasteiger partial charge in [-0.3, -0.25) is 25.2 Å². The van der Waals surface area contributed by atoms with E-state index in [2.05, 4.69) is 21.2 Å². The van der Waals surface area contributed by atoms with Gasteiger partial charge in [-0.1, -0.05) is 0 Å².